The van der Waals surface area contributed by atoms with Gasteiger partial charge in [0.2, 0.25) is 0 Å². The summed E-state index contributed by atoms with van der Waals surface area (Å²) in [5.41, 5.74) is 2.12. The Labute approximate surface area is 115 Å². The first kappa shape index (κ1) is 13.9. The summed E-state index contributed by atoms with van der Waals surface area (Å²) in [6, 6.07) is 0. The quantitative estimate of drug-likeness (QED) is 0.890. The molecule has 0 amide bonds. The Morgan fingerprint density at radius 1 is 1.44 bits per heavy atom. The molecule has 18 heavy (non-hydrogen) atoms. The van der Waals surface area contributed by atoms with Gasteiger partial charge in [0, 0.05) is 13.6 Å². The Morgan fingerprint density at radius 2 is 2.22 bits per heavy atom. The van der Waals surface area contributed by atoms with Crippen molar-refractivity contribution in [1.29, 1.82) is 0 Å². The van der Waals surface area contributed by atoms with E-state index in [1.165, 1.54) is 19.3 Å². The van der Waals surface area contributed by atoms with E-state index in [1.54, 1.807) is 0 Å². The number of halogens is 1. The Morgan fingerprint density at radius 3 is 2.78 bits per heavy atom. The molecule has 102 valence electrons. The maximum absolute atomic E-state index is 6.33. The molecule has 4 heteroatoms. The molecule has 1 saturated carbocycles. The SMILES string of the molecule is CCc1nn(C)c(CNCC2CCCC2C)c1Cl. The predicted octanol–water partition coefficient (Wildman–Crippen LogP) is 3.16. The first-order valence-corrected chi connectivity index (χ1v) is 7.42. The van der Waals surface area contributed by atoms with Crippen molar-refractivity contribution in [2.75, 3.05) is 6.54 Å². The van der Waals surface area contributed by atoms with Gasteiger partial charge in [-0.2, -0.15) is 5.10 Å². The Kier molecular flexibility index (Phi) is 4.68. The van der Waals surface area contributed by atoms with Crippen LogP contribution in [0.25, 0.3) is 0 Å². The Bertz CT molecular complexity index is 400. The van der Waals surface area contributed by atoms with E-state index in [2.05, 4.69) is 24.3 Å². The van der Waals surface area contributed by atoms with Crippen LogP contribution in [-0.2, 0) is 20.0 Å². The van der Waals surface area contributed by atoms with Gasteiger partial charge >= 0.3 is 0 Å². The van der Waals surface area contributed by atoms with E-state index in [0.717, 1.165) is 47.8 Å². The predicted molar refractivity (Wildman–Crippen MR) is 75.8 cm³/mol. The molecule has 0 saturated heterocycles. The van der Waals surface area contributed by atoms with Gasteiger partial charge in [-0.15, -0.1) is 0 Å². The number of rotatable bonds is 5. The maximum atomic E-state index is 6.33. The van der Waals surface area contributed by atoms with Crippen LogP contribution in [-0.4, -0.2) is 16.3 Å². The van der Waals surface area contributed by atoms with Crippen LogP contribution in [0.1, 0.15) is 44.5 Å². The smallest absolute Gasteiger partial charge is 0.0863 e. The number of aryl methyl sites for hydroxylation is 2. The van der Waals surface area contributed by atoms with Gasteiger partial charge in [-0.3, -0.25) is 4.68 Å². The third-order valence-corrected chi connectivity index (χ3v) is 4.68. The fourth-order valence-corrected chi connectivity index (χ4v) is 3.27. The van der Waals surface area contributed by atoms with Crippen molar-refractivity contribution in [3.8, 4) is 0 Å². The average molecular weight is 270 g/mol. The largest absolute Gasteiger partial charge is 0.311 e. The molecule has 3 nitrogen and oxygen atoms in total. The molecule has 2 rings (SSSR count). The lowest BCUT2D eigenvalue weighted by Gasteiger charge is -2.16. The highest BCUT2D eigenvalue weighted by molar-refractivity contribution is 6.31. The summed E-state index contributed by atoms with van der Waals surface area (Å²) in [6.07, 6.45) is 5.04. The third-order valence-electron chi connectivity index (χ3n) is 4.24. The highest BCUT2D eigenvalue weighted by Gasteiger charge is 2.23. The van der Waals surface area contributed by atoms with Gasteiger partial charge in [0.25, 0.3) is 0 Å². The van der Waals surface area contributed by atoms with Crippen LogP contribution in [0.15, 0.2) is 0 Å². The van der Waals surface area contributed by atoms with Gasteiger partial charge in [0.15, 0.2) is 0 Å². The van der Waals surface area contributed by atoms with E-state index in [9.17, 15) is 0 Å². The minimum atomic E-state index is 0.825. The first-order chi connectivity index (χ1) is 8.63. The molecular formula is C14H24ClN3. The average Bonchev–Trinajstić information content (AvgIpc) is 2.87. The lowest BCUT2D eigenvalue weighted by Crippen LogP contribution is -2.25. The number of hydrogen-bond acceptors (Lipinski definition) is 2. The van der Waals surface area contributed by atoms with Crippen LogP contribution >= 0.6 is 11.6 Å². The van der Waals surface area contributed by atoms with Crippen molar-refractivity contribution in [2.24, 2.45) is 18.9 Å². The van der Waals surface area contributed by atoms with Gasteiger partial charge in [-0.1, -0.05) is 38.3 Å². The third kappa shape index (κ3) is 2.89. The normalized spacial score (nSPS) is 23.8. The molecule has 1 aromatic heterocycles. The van der Waals surface area contributed by atoms with Gasteiger partial charge in [-0.25, -0.2) is 0 Å². The lowest BCUT2D eigenvalue weighted by atomic mass is 9.98. The van der Waals surface area contributed by atoms with Crippen LogP contribution in [0.2, 0.25) is 5.02 Å². The second-order valence-corrected chi connectivity index (χ2v) is 5.86. The number of hydrogen-bond donors (Lipinski definition) is 1. The van der Waals surface area contributed by atoms with Crippen LogP contribution in [0.3, 0.4) is 0 Å². The van der Waals surface area contributed by atoms with E-state index in [4.69, 9.17) is 11.6 Å². The second-order valence-electron chi connectivity index (χ2n) is 5.48. The van der Waals surface area contributed by atoms with Crippen molar-refractivity contribution in [3.63, 3.8) is 0 Å². The van der Waals surface area contributed by atoms with E-state index in [1.807, 2.05) is 11.7 Å². The minimum Gasteiger partial charge on any atom is -0.311 e. The molecule has 1 N–H and O–H groups in total. The second kappa shape index (κ2) is 6.07. The molecule has 2 unspecified atom stereocenters. The van der Waals surface area contributed by atoms with Gasteiger partial charge in [0.1, 0.15) is 0 Å². The van der Waals surface area contributed by atoms with Crippen LogP contribution in [0, 0.1) is 11.8 Å². The summed E-state index contributed by atoms with van der Waals surface area (Å²) in [5, 5.41) is 8.83. The molecule has 1 aliphatic carbocycles. The molecule has 0 spiro atoms. The van der Waals surface area contributed by atoms with Crippen molar-refractivity contribution >= 4 is 11.6 Å². The molecule has 2 atom stereocenters. The van der Waals surface area contributed by atoms with Crippen molar-refractivity contribution in [1.82, 2.24) is 15.1 Å². The van der Waals surface area contributed by atoms with Crippen molar-refractivity contribution in [3.05, 3.63) is 16.4 Å². The molecule has 1 aliphatic rings. The summed E-state index contributed by atoms with van der Waals surface area (Å²) in [6.45, 7) is 6.38. The molecular weight excluding hydrogens is 246 g/mol. The van der Waals surface area contributed by atoms with Gasteiger partial charge < -0.3 is 5.32 Å². The number of nitrogens with zero attached hydrogens (tertiary/aromatic N) is 2. The zero-order valence-electron chi connectivity index (χ0n) is 11.7. The summed E-state index contributed by atoms with van der Waals surface area (Å²) >= 11 is 6.33. The molecule has 1 heterocycles. The standard InChI is InChI=1S/C14H24ClN3/c1-4-12-14(15)13(18(3)17-12)9-16-8-11-7-5-6-10(11)2/h10-11,16H,4-9H2,1-3H3. The highest BCUT2D eigenvalue weighted by Crippen LogP contribution is 2.30. The van der Waals surface area contributed by atoms with E-state index in [-0.39, 0.29) is 0 Å². The molecule has 0 bridgehead atoms. The number of aromatic nitrogens is 2. The van der Waals surface area contributed by atoms with E-state index < -0.39 is 0 Å². The Balaban J connectivity index is 1.88. The van der Waals surface area contributed by atoms with Crippen molar-refractivity contribution < 1.29 is 0 Å². The van der Waals surface area contributed by atoms with E-state index >= 15 is 0 Å². The Hall–Kier alpha value is -0.540. The van der Waals surface area contributed by atoms with Crippen molar-refractivity contribution in [2.45, 2.75) is 46.1 Å². The fraction of sp³-hybridized carbons (Fsp3) is 0.786. The highest BCUT2D eigenvalue weighted by atomic mass is 35.5. The zero-order valence-corrected chi connectivity index (χ0v) is 12.4. The molecule has 0 radical (unpaired) electrons. The summed E-state index contributed by atoms with van der Waals surface area (Å²) in [4.78, 5) is 0. The molecule has 1 aromatic rings. The van der Waals surface area contributed by atoms with Gasteiger partial charge in [0.05, 0.1) is 16.4 Å². The maximum Gasteiger partial charge on any atom is 0.0863 e. The lowest BCUT2D eigenvalue weighted by molar-refractivity contribution is 0.389. The van der Waals surface area contributed by atoms with Crippen LogP contribution in [0.4, 0.5) is 0 Å². The monoisotopic (exact) mass is 269 g/mol. The summed E-state index contributed by atoms with van der Waals surface area (Å²) < 4.78 is 1.91. The van der Waals surface area contributed by atoms with Crippen LogP contribution < -0.4 is 5.32 Å². The summed E-state index contributed by atoms with van der Waals surface area (Å²) in [5.74, 6) is 1.70. The number of nitrogens with one attached hydrogen (secondary N) is 1. The zero-order chi connectivity index (χ0) is 13.1. The van der Waals surface area contributed by atoms with Gasteiger partial charge in [-0.05, 0) is 31.2 Å². The first-order valence-electron chi connectivity index (χ1n) is 7.04. The summed E-state index contributed by atoms with van der Waals surface area (Å²) in [7, 11) is 1.97. The molecule has 0 aromatic carbocycles. The topological polar surface area (TPSA) is 29.9 Å². The fourth-order valence-electron chi connectivity index (χ4n) is 2.91. The van der Waals surface area contributed by atoms with Crippen LogP contribution in [0.5, 0.6) is 0 Å². The minimum absolute atomic E-state index is 0.825. The molecule has 0 aliphatic heterocycles. The van der Waals surface area contributed by atoms with E-state index in [0.29, 0.717) is 0 Å². The molecule has 1 fully saturated rings.